The van der Waals surface area contributed by atoms with E-state index in [0.717, 1.165) is 44.9 Å². The molecule has 0 amide bonds. The van der Waals surface area contributed by atoms with E-state index < -0.39 is 10.8 Å². The molecule has 0 saturated carbocycles. The number of unbranched alkanes of at least 4 members (excludes halogenated alkanes) is 1. The van der Waals surface area contributed by atoms with E-state index >= 15 is 0 Å². The number of thiazole rings is 1. The number of hydrogen-bond acceptors (Lipinski definition) is 7. The van der Waals surface area contributed by atoms with Crippen LogP contribution in [0.1, 0.15) is 43.0 Å². The zero-order valence-corrected chi connectivity index (χ0v) is 29.2. The van der Waals surface area contributed by atoms with Gasteiger partial charge in [-0.1, -0.05) is 60.5 Å². The number of carbonyl (C=O) groups excluding carboxylic acids is 1. The Hall–Kier alpha value is -5.62. The Kier molecular flexibility index (Phi) is 17.7. The Morgan fingerprint density at radius 2 is 1.62 bits per heavy atom. The fourth-order valence-corrected chi connectivity index (χ4v) is 7.23. The number of benzene rings is 1. The fraction of sp³-hybridized carbons (Fsp3) is 0.150. The number of rotatable bonds is 10. The monoisotopic (exact) mass is 683 g/mol. The van der Waals surface area contributed by atoms with Crippen molar-refractivity contribution < 1.29 is 9.00 Å². The SMILES string of the molecule is C=C=C=C=C=C=C.C=C=C=C=C=C=C=C.C=CCCC(=O)c1cccc(-c2cc(-c3nccs3)nc3sc(S(=O)CCCC)c(N)c23)c1. The first-order valence-corrected chi connectivity index (χ1v) is 17.5. The van der Waals surface area contributed by atoms with Crippen LogP contribution in [0.15, 0.2) is 148 Å². The van der Waals surface area contributed by atoms with E-state index in [1.54, 1.807) is 12.3 Å². The van der Waals surface area contributed by atoms with Crippen molar-refractivity contribution >= 4 is 55.2 Å². The van der Waals surface area contributed by atoms with Crippen LogP contribution in [0.3, 0.4) is 0 Å². The normalized spacial score (nSPS) is 9.44. The van der Waals surface area contributed by atoms with Gasteiger partial charge in [-0.2, -0.15) is 0 Å². The lowest BCUT2D eigenvalue weighted by atomic mass is 9.97. The van der Waals surface area contributed by atoms with Crippen molar-refractivity contribution in [2.45, 2.75) is 36.8 Å². The zero-order valence-electron chi connectivity index (χ0n) is 26.7. The summed E-state index contributed by atoms with van der Waals surface area (Å²) in [6.45, 7) is 18.8. The molecular weight excluding hydrogens is 651 g/mol. The van der Waals surface area contributed by atoms with E-state index in [1.807, 2.05) is 35.7 Å². The molecule has 3 aromatic heterocycles. The number of nitrogen functional groups attached to an aromatic ring is 1. The molecule has 1 aromatic carbocycles. The molecule has 0 bridgehead atoms. The number of fused-ring (bicyclic) bond motifs is 1. The first-order chi connectivity index (χ1) is 23.4. The zero-order chi connectivity index (χ0) is 35.1. The first-order valence-electron chi connectivity index (χ1n) is 14.5. The summed E-state index contributed by atoms with van der Waals surface area (Å²) in [6.07, 6.45) is 6.41. The highest BCUT2D eigenvalue weighted by molar-refractivity contribution is 7.87. The Balaban J connectivity index is 0.000000444. The van der Waals surface area contributed by atoms with Gasteiger partial charge in [0.2, 0.25) is 0 Å². The lowest BCUT2D eigenvalue weighted by molar-refractivity contribution is 0.0983. The van der Waals surface area contributed by atoms with Crippen molar-refractivity contribution in [1.82, 2.24) is 9.97 Å². The van der Waals surface area contributed by atoms with E-state index in [9.17, 15) is 9.00 Å². The molecule has 2 N–H and O–H groups in total. The van der Waals surface area contributed by atoms with Gasteiger partial charge in [-0.25, -0.2) is 9.97 Å². The number of Topliss-reactive ketones (excluding diaryl/α,β-unsaturated/α-hetero) is 1. The number of anilines is 1. The molecule has 0 fully saturated rings. The van der Waals surface area contributed by atoms with Crippen LogP contribution in [0.5, 0.6) is 0 Å². The maximum atomic E-state index is 12.9. The molecular formula is C40H33N3O2S3. The average molecular weight is 684 g/mol. The number of carbonyl (C=O) groups is 1. The minimum Gasteiger partial charge on any atom is -0.396 e. The molecule has 238 valence electrons. The maximum Gasteiger partial charge on any atom is 0.163 e. The average Bonchev–Trinajstić information content (AvgIpc) is 3.77. The van der Waals surface area contributed by atoms with Crippen LogP contribution in [0.25, 0.3) is 32.0 Å². The number of ketones is 1. The number of hydrogen-bond donors (Lipinski definition) is 1. The largest absolute Gasteiger partial charge is 0.396 e. The second-order valence-corrected chi connectivity index (χ2v) is 12.9. The topological polar surface area (TPSA) is 85.9 Å². The predicted octanol–water partition coefficient (Wildman–Crippen LogP) is 10.0. The molecule has 0 aliphatic carbocycles. The Morgan fingerprint density at radius 1 is 0.979 bits per heavy atom. The molecule has 4 rings (SSSR count). The van der Waals surface area contributed by atoms with Crippen molar-refractivity contribution in [3.05, 3.63) is 149 Å². The number of pyridine rings is 1. The van der Waals surface area contributed by atoms with Gasteiger partial charge in [0.25, 0.3) is 0 Å². The summed E-state index contributed by atoms with van der Waals surface area (Å²) in [4.78, 5) is 22.6. The molecule has 48 heavy (non-hydrogen) atoms. The third-order valence-electron chi connectivity index (χ3n) is 5.94. The Bertz CT molecular complexity index is 2160. The van der Waals surface area contributed by atoms with Crippen molar-refractivity contribution in [1.29, 1.82) is 0 Å². The van der Waals surface area contributed by atoms with E-state index in [0.29, 0.717) is 34.1 Å². The van der Waals surface area contributed by atoms with Gasteiger partial charge in [0.05, 0.1) is 16.5 Å². The number of allylic oxidation sites excluding steroid dienone is 1. The van der Waals surface area contributed by atoms with Crippen molar-refractivity contribution in [2.24, 2.45) is 0 Å². The Labute approximate surface area is 292 Å². The van der Waals surface area contributed by atoms with Gasteiger partial charge >= 0.3 is 0 Å². The number of nitrogens with zero attached hydrogens (tertiary/aromatic N) is 2. The smallest absolute Gasteiger partial charge is 0.163 e. The summed E-state index contributed by atoms with van der Waals surface area (Å²) in [5.74, 6) is 0.650. The number of nitrogens with two attached hydrogens (primary N) is 1. The van der Waals surface area contributed by atoms with Gasteiger partial charge in [-0.05, 0) is 103 Å². The van der Waals surface area contributed by atoms with Crippen molar-refractivity contribution in [2.75, 3.05) is 11.5 Å². The molecule has 4 aromatic rings. The summed E-state index contributed by atoms with van der Waals surface area (Å²) in [5, 5.41) is 3.50. The van der Waals surface area contributed by atoms with Gasteiger partial charge in [0.15, 0.2) is 5.78 Å². The van der Waals surface area contributed by atoms with Crippen LogP contribution in [0, 0.1) is 0 Å². The van der Waals surface area contributed by atoms with Crippen LogP contribution in [0.2, 0.25) is 0 Å². The van der Waals surface area contributed by atoms with Gasteiger partial charge in [0, 0.05) is 34.7 Å². The van der Waals surface area contributed by atoms with Crippen LogP contribution >= 0.6 is 22.7 Å². The van der Waals surface area contributed by atoms with E-state index in [2.05, 4.69) is 108 Å². The Morgan fingerprint density at radius 3 is 2.19 bits per heavy atom. The van der Waals surface area contributed by atoms with Crippen molar-refractivity contribution in [3.63, 3.8) is 0 Å². The number of aromatic nitrogens is 2. The minimum atomic E-state index is -1.17. The molecule has 0 aliphatic rings. The standard InChI is InChI=1S/C25H25N3O2S3.C8H4.C7H4/c1-3-5-10-20(29)17-9-7-8-16(14-17)18-15-19(23-27-11-12-31-23)28-24-21(18)22(26)25(32-24)33(30)13-6-4-2;1-3-5-7-8-6-4-2;1-3-5-7-6-4-2/h3,7-9,11-12,14-15H,1,4-6,10,13,26H2,2H3;1-2H2;1-2H2. The van der Waals surface area contributed by atoms with Gasteiger partial charge < -0.3 is 5.73 Å². The summed E-state index contributed by atoms with van der Waals surface area (Å²) in [7, 11) is -1.17. The molecule has 0 radical (unpaired) electrons. The molecule has 0 spiro atoms. The lowest BCUT2D eigenvalue weighted by Gasteiger charge is -2.09. The van der Waals surface area contributed by atoms with Gasteiger partial charge in [-0.3, -0.25) is 9.00 Å². The van der Waals surface area contributed by atoms with Crippen molar-refractivity contribution in [3.8, 4) is 21.8 Å². The summed E-state index contributed by atoms with van der Waals surface area (Å²) in [6, 6.07) is 9.55. The first kappa shape index (κ1) is 38.6. The second kappa shape index (κ2) is 22.0. The van der Waals surface area contributed by atoms with Gasteiger partial charge in [-0.15, -0.1) is 29.3 Å². The molecule has 5 nitrogen and oxygen atoms in total. The third-order valence-corrected chi connectivity index (χ3v) is 9.73. The van der Waals surface area contributed by atoms with E-state index in [-0.39, 0.29) is 5.78 Å². The third kappa shape index (κ3) is 12.0. The quantitative estimate of drug-likeness (QED) is 0.102. The van der Waals surface area contributed by atoms with Crippen LogP contribution in [-0.2, 0) is 10.8 Å². The summed E-state index contributed by atoms with van der Waals surface area (Å²) in [5.41, 5.74) is 36.7. The number of thiophene rings is 1. The second-order valence-electron chi connectivity index (χ2n) is 9.19. The molecule has 1 atom stereocenters. The molecule has 0 aliphatic heterocycles. The van der Waals surface area contributed by atoms with Crippen LogP contribution in [-0.4, -0.2) is 25.7 Å². The van der Waals surface area contributed by atoms with E-state index in [4.69, 9.17) is 10.7 Å². The van der Waals surface area contributed by atoms with Crippen LogP contribution < -0.4 is 5.73 Å². The highest BCUT2D eigenvalue weighted by Crippen LogP contribution is 2.43. The van der Waals surface area contributed by atoms with Crippen LogP contribution in [0.4, 0.5) is 5.69 Å². The molecule has 0 saturated heterocycles. The summed E-state index contributed by atoms with van der Waals surface area (Å²) >= 11 is 2.90. The minimum absolute atomic E-state index is 0.0712. The molecule has 1 unspecified atom stereocenters. The lowest BCUT2D eigenvalue weighted by Crippen LogP contribution is -2.00. The van der Waals surface area contributed by atoms with Gasteiger partial charge in [0.1, 0.15) is 19.7 Å². The fourth-order valence-electron chi connectivity index (χ4n) is 3.83. The predicted molar refractivity (Wildman–Crippen MR) is 202 cm³/mol. The maximum absolute atomic E-state index is 12.9. The molecule has 8 heteroatoms. The molecule has 3 heterocycles. The highest BCUT2D eigenvalue weighted by Gasteiger charge is 2.21. The summed E-state index contributed by atoms with van der Waals surface area (Å²) < 4.78 is 13.6. The highest BCUT2D eigenvalue weighted by atomic mass is 32.2. The van der Waals surface area contributed by atoms with E-state index in [1.165, 1.54) is 22.7 Å².